The average Bonchev–Trinajstić information content (AvgIpc) is 2.35. The number of benzene rings is 2. The summed E-state index contributed by atoms with van der Waals surface area (Å²) < 4.78 is 13.4. The molecule has 2 aromatic rings. The van der Waals surface area contributed by atoms with E-state index in [-0.39, 0.29) is 10.3 Å². The molecule has 0 aliphatic carbocycles. The van der Waals surface area contributed by atoms with Gasteiger partial charge in [0.15, 0.2) is 0 Å². The summed E-state index contributed by atoms with van der Waals surface area (Å²) in [5, 5.41) is 11.1. The lowest BCUT2D eigenvalue weighted by Gasteiger charge is -2.14. The summed E-state index contributed by atoms with van der Waals surface area (Å²) >= 11 is 14.9. The fourth-order valence-electron chi connectivity index (χ4n) is 1.59. The van der Waals surface area contributed by atoms with Crippen molar-refractivity contribution in [1.82, 2.24) is 0 Å². The van der Waals surface area contributed by atoms with E-state index in [0.717, 1.165) is 0 Å². The Hall–Kier alpha value is -0.610. The minimum Gasteiger partial charge on any atom is -0.384 e. The van der Waals surface area contributed by atoms with Gasteiger partial charge >= 0.3 is 0 Å². The van der Waals surface area contributed by atoms with Gasteiger partial charge in [0.1, 0.15) is 11.9 Å². The van der Waals surface area contributed by atoms with Gasteiger partial charge in [-0.15, -0.1) is 0 Å². The van der Waals surface area contributed by atoms with E-state index in [4.69, 9.17) is 23.2 Å². The Kier molecular flexibility index (Phi) is 4.28. The highest BCUT2D eigenvalue weighted by molar-refractivity contribution is 9.10. The van der Waals surface area contributed by atoms with Crippen LogP contribution in [0.2, 0.25) is 10.0 Å². The first-order valence-electron chi connectivity index (χ1n) is 5.07. The Morgan fingerprint density at radius 1 is 1.11 bits per heavy atom. The van der Waals surface area contributed by atoms with Crippen LogP contribution >= 0.6 is 39.1 Å². The minimum atomic E-state index is -0.951. The van der Waals surface area contributed by atoms with Crippen LogP contribution in [-0.2, 0) is 0 Å². The molecule has 0 bridgehead atoms. The molecule has 2 aromatic carbocycles. The molecule has 1 unspecified atom stereocenters. The van der Waals surface area contributed by atoms with E-state index in [0.29, 0.717) is 21.2 Å². The van der Waals surface area contributed by atoms with Gasteiger partial charge in [-0.1, -0.05) is 29.3 Å². The zero-order valence-electron chi connectivity index (χ0n) is 9.00. The topological polar surface area (TPSA) is 20.2 Å². The summed E-state index contributed by atoms with van der Waals surface area (Å²) in [6.07, 6.45) is -0.951. The summed E-state index contributed by atoms with van der Waals surface area (Å²) in [4.78, 5) is 0. The highest BCUT2D eigenvalue weighted by atomic mass is 79.9. The zero-order valence-corrected chi connectivity index (χ0v) is 12.1. The van der Waals surface area contributed by atoms with E-state index in [9.17, 15) is 9.50 Å². The maximum atomic E-state index is 13.1. The molecule has 5 heteroatoms. The molecule has 1 nitrogen and oxygen atoms in total. The zero-order chi connectivity index (χ0) is 13.3. The number of aliphatic hydroxyl groups excluding tert-OH is 1. The maximum Gasteiger partial charge on any atom is 0.137 e. The van der Waals surface area contributed by atoms with Crippen LogP contribution in [0.1, 0.15) is 17.2 Å². The number of rotatable bonds is 2. The fraction of sp³-hybridized carbons (Fsp3) is 0.0769. The minimum absolute atomic E-state index is 0.289. The summed E-state index contributed by atoms with van der Waals surface area (Å²) in [7, 11) is 0. The van der Waals surface area contributed by atoms with Crippen LogP contribution in [-0.4, -0.2) is 5.11 Å². The van der Waals surface area contributed by atoms with Gasteiger partial charge in [0.25, 0.3) is 0 Å². The highest BCUT2D eigenvalue weighted by Gasteiger charge is 2.15. The van der Waals surface area contributed by atoms with Crippen molar-refractivity contribution in [3.05, 3.63) is 67.9 Å². The van der Waals surface area contributed by atoms with Gasteiger partial charge in [-0.05, 0) is 51.8 Å². The van der Waals surface area contributed by atoms with E-state index in [1.165, 1.54) is 18.2 Å². The van der Waals surface area contributed by atoms with Crippen LogP contribution in [0, 0.1) is 5.82 Å². The molecule has 94 valence electrons. The molecule has 0 amide bonds. The lowest BCUT2D eigenvalue weighted by atomic mass is 10.0. The van der Waals surface area contributed by atoms with Gasteiger partial charge in [-0.25, -0.2) is 4.39 Å². The Bertz CT molecular complexity index is 589. The Morgan fingerprint density at radius 2 is 1.83 bits per heavy atom. The largest absolute Gasteiger partial charge is 0.384 e. The second kappa shape index (κ2) is 5.57. The van der Waals surface area contributed by atoms with Crippen LogP contribution in [0.3, 0.4) is 0 Å². The first kappa shape index (κ1) is 13.8. The van der Waals surface area contributed by atoms with Gasteiger partial charge < -0.3 is 5.11 Å². The third kappa shape index (κ3) is 2.86. The van der Waals surface area contributed by atoms with Crippen LogP contribution in [0.5, 0.6) is 0 Å². The smallest absolute Gasteiger partial charge is 0.137 e. The van der Waals surface area contributed by atoms with Crippen LogP contribution in [0.4, 0.5) is 4.39 Å². The number of hydrogen-bond donors (Lipinski definition) is 1. The monoisotopic (exact) mass is 348 g/mol. The van der Waals surface area contributed by atoms with Crippen molar-refractivity contribution >= 4 is 39.1 Å². The third-order valence-electron chi connectivity index (χ3n) is 2.51. The van der Waals surface area contributed by atoms with Crippen molar-refractivity contribution in [2.24, 2.45) is 0 Å². The Balaban J connectivity index is 2.44. The van der Waals surface area contributed by atoms with Crippen LogP contribution < -0.4 is 0 Å². The van der Waals surface area contributed by atoms with Gasteiger partial charge in [0, 0.05) is 15.6 Å². The summed E-state index contributed by atoms with van der Waals surface area (Å²) in [6, 6.07) is 9.13. The molecule has 1 N–H and O–H groups in total. The predicted molar refractivity (Wildman–Crippen MR) is 74.6 cm³/mol. The molecule has 0 spiro atoms. The molecule has 0 aliphatic rings. The van der Waals surface area contributed by atoms with Crippen LogP contribution in [0.25, 0.3) is 0 Å². The first-order valence-corrected chi connectivity index (χ1v) is 6.62. The molecule has 18 heavy (non-hydrogen) atoms. The normalized spacial score (nSPS) is 12.5. The van der Waals surface area contributed by atoms with Crippen molar-refractivity contribution < 1.29 is 9.50 Å². The summed E-state index contributed by atoms with van der Waals surface area (Å²) in [5.74, 6) is -0.386. The third-order valence-corrected chi connectivity index (χ3v) is 3.70. The maximum absolute atomic E-state index is 13.1. The van der Waals surface area contributed by atoms with Crippen molar-refractivity contribution in [2.45, 2.75) is 6.10 Å². The SMILES string of the molecule is OC(c1ccc(F)c(Br)c1)c1cc(Cl)ccc1Cl. The van der Waals surface area contributed by atoms with E-state index < -0.39 is 6.10 Å². The first-order chi connectivity index (χ1) is 8.49. The summed E-state index contributed by atoms with van der Waals surface area (Å²) in [5.41, 5.74) is 1.02. The molecule has 0 saturated heterocycles. The van der Waals surface area contributed by atoms with E-state index in [2.05, 4.69) is 15.9 Å². The van der Waals surface area contributed by atoms with E-state index >= 15 is 0 Å². The van der Waals surface area contributed by atoms with Gasteiger partial charge in [0.2, 0.25) is 0 Å². The second-order valence-electron chi connectivity index (χ2n) is 3.74. The van der Waals surface area contributed by atoms with E-state index in [1.807, 2.05) is 0 Å². The van der Waals surface area contributed by atoms with Crippen molar-refractivity contribution in [1.29, 1.82) is 0 Å². The molecule has 1 atom stereocenters. The number of hydrogen-bond acceptors (Lipinski definition) is 1. The Morgan fingerprint density at radius 3 is 2.50 bits per heavy atom. The predicted octanol–water partition coefficient (Wildman–Crippen LogP) is 4.98. The molecule has 0 heterocycles. The molecule has 0 radical (unpaired) electrons. The van der Waals surface area contributed by atoms with Gasteiger partial charge in [-0.3, -0.25) is 0 Å². The molecular formula is C13H8BrCl2FO. The number of halogens is 4. The molecule has 0 saturated carbocycles. The molecule has 2 rings (SSSR count). The lowest BCUT2D eigenvalue weighted by molar-refractivity contribution is 0.220. The molecule has 0 aliphatic heterocycles. The molecule has 0 fully saturated rings. The van der Waals surface area contributed by atoms with E-state index in [1.54, 1.807) is 18.2 Å². The standard InChI is InChI=1S/C13H8BrCl2FO/c14-10-5-7(1-4-12(10)17)13(18)9-6-8(15)2-3-11(9)16/h1-6,13,18H. The highest BCUT2D eigenvalue weighted by Crippen LogP contribution is 2.32. The summed E-state index contributed by atoms with van der Waals surface area (Å²) in [6.45, 7) is 0. The molecular weight excluding hydrogens is 342 g/mol. The van der Waals surface area contributed by atoms with Gasteiger partial charge in [-0.2, -0.15) is 0 Å². The van der Waals surface area contributed by atoms with Crippen molar-refractivity contribution in [3.8, 4) is 0 Å². The molecule has 0 aromatic heterocycles. The quantitative estimate of drug-likeness (QED) is 0.810. The fourth-order valence-corrected chi connectivity index (χ4v) is 2.38. The lowest BCUT2D eigenvalue weighted by Crippen LogP contribution is -2.01. The van der Waals surface area contributed by atoms with Crippen molar-refractivity contribution in [2.75, 3.05) is 0 Å². The average molecular weight is 350 g/mol. The Labute approximate surface area is 122 Å². The van der Waals surface area contributed by atoms with Crippen LogP contribution in [0.15, 0.2) is 40.9 Å². The van der Waals surface area contributed by atoms with Gasteiger partial charge in [0.05, 0.1) is 4.47 Å². The number of aliphatic hydroxyl groups is 1. The second-order valence-corrected chi connectivity index (χ2v) is 5.44. The van der Waals surface area contributed by atoms with Crippen molar-refractivity contribution in [3.63, 3.8) is 0 Å².